The van der Waals surface area contributed by atoms with E-state index in [1.165, 1.54) is 25.0 Å². The normalized spacial score (nSPS) is 19.3. The van der Waals surface area contributed by atoms with Crippen molar-refractivity contribution in [2.45, 2.75) is 6.42 Å². The van der Waals surface area contributed by atoms with Crippen LogP contribution in [0.3, 0.4) is 0 Å². The third-order valence-electron chi connectivity index (χ3n) is 0.752. The maximum atomic E-state index is 2.19. The fourth-order valence-electron chi connectivity index (χ4n) is 0.436. The summed E-state index contributed by atoms with van der Waals surface area (Å²) in [5.74, 6) is 0. The van der Waals surface area contributed by atoms with E-state index in [0.717, 1.165) is 0 Å². The topological polar surface area (TPSA) is 0 Å². The van der Waals surface area contributed by atoms with Gasteiger partial charge in [0.25, 0.3) is 0 Å². The Labute approximate surface area is 47.9 Å². The number of rotatable bonds is 0. The van der Waals surface area contributed by atoms with Gasteiger partial charge in [0, 0.05) is 0 Å². The van der Waals surface area contributed by atoms with Crippen LogP contribution in [-0.4, -0.2) is 0 Å². The molecule has 36 valence electrons. The van der Waals surface area contributed by atoms with Crippen LogP contribution in [-0.2, 0) is 18.6 Å². The van der Waals surface area contributed by atoms with E-state index in [1.807, 2.05) is 0 Å². The molecule has 0 fully saturated rings. The van der Waals surface area contributed by atoms with E-state index in [-0.39, 0.29) is 0 Å². The van der Waals surface area contributed by atoms with E-state index >= 15 is 0 Å². The molecule has 0 heterocycles. The van der Waals surface area contributed by atoms with E-state index in [0.29, 0.717) is 0 Å². The Bertz CT molecular complexity index is 101. The van der Waals surface area contributed by atoms with E-state index in [1.54, 1.807) is 4.13 Å². The molecule has 6 heavy (non-hydrogen) atoms. The molecule has 0 aliphatic heterocycles. The van der Waals surface area contributed by atoms with Crippen LogP contribution in [0.2, 0.25) is 0 Å². The number of hydrogen-bond acceptors (Lipinski definition) is 0. The molecule has 0 amide bonds. The minimum absolute atomic E-state index is 1.22. The zero-order valence-corrected chi connectivity index (χ0v) is 6.60. The van der Waals surface area contributed by atoms with Gasteiger partial charge < -0.3 is 0 Å². The Hall–Kier alpha value is 0.116. The first-order valence-electron chi connectivity index (χ1n) is 1.94. The van der Waals surface area contributed by atoms with Crippen LogP contribution < -0.4 is 0 Å². The van der Waals surface area contributed by atoms with Gasteiger partial charge in [-0.3, -0.25) is 0 Å². The van der Waals surface area contributed by atoms with Gasteiger partial charge in [-0.1, -0.05) is 0 Å². The zero-order chi connectivity index (χ0) is 4.41. The molecule has 0 aromatic carbocycles. The molecule has 0 saturated heterocycles. The van der Waals surface area contributed by atoms with Gasteiger partial charge in [0.15, 0.2) is 0 Å². The van der Waals surface area contributed by atoms with E-state index in [9.17, 15) is 0 Å². The summed E-state index contributed by atoms with van der Waals surface area (Å²) in [5, 5.41) is 0. The second-order valence-corrected chi connectivity index (χ2v) is 3.35. The van der Waals surface area contributed by atoms with Crippen molar-refractivity contribution in [1.82, 2.24) is 0 Å². The molecule has 0 atom stereocenters. The molecule has 1 aliphatic rings. The van der Waals surface area contributed by atoms with Gasteiger partial charge in [-0.15, -0.1) is 0 Å². The monoisotopic (exact) mass is 260 g/mol. The van der Waals surface area contributed by atoms with Crippen molar-refractivity contribution < 1.29 is 18.6 Å². The Morgan fingerprint density at radius 1 is 1.67 bits per heavy atom. The summed E-state index contributed by atoms with van der Waals surface area (Å²) in [6.45, 7) is 0. The van der Waals surface area contributed by atoms with Gasteiger partial charge in [0.2, 0.25) is 0 Å². The van der Waals surface area contributed by atoms with E-state index < -0.39 is 0 Å². The van der Waals surface area contributed by atoms with Crippen LogP contribution in [0.4, 0.5) is 0 Å². The molecule has 0 aromatic heterocycles. The molecule has 1 rings (SSSR count). The van der Waals surface area contributed by atoms with Crippen LogP contribution in [0.1, 0.15) is 6.42 Å². The molecule has 0 unspecified atom stereocenters. The summed E-state index contributed by atoms with van der Waals surface area (Å²) in [5.41, 5.74) is 0. The van der Waals surface area contributed by atoms with Crippen LogP contribution in [0.5, 0.6) is 0 Å². The fraction of sp³-hybridized carbons (Fsp3) is 0.200. The van der Waals surface area contributed by atoms with Crippen LogP contribution in [0.15, 0.2) is 22.4 Å². The summed E-state index contributed by atoms with van der Waals surface area (Å²) in [6, 6.07) is 0. The third kappa shape index (κ3) is 0.789. The molecule has 0 saturated carbocycles. The molecule has 0 spiro atoms. The summed E-state index contributed by atoms with van der Waals surface area (Å²) in [7, 11) is 0. The SMILES string of the molecule is [OsH3][C]1=CC=CC1. The van der Waals surface area contributed by atoms with Crippen molar-refractivity contribution in [2.24, 2.45) is 0 Å². The van der Waals surface area contributed by atoms with Crippen molar-refractivity contribution in [3.05, 3.63) is 22.4 Å². The molecule has 0 N–H and O–H groups in total. The molecular weight excluding hydrogens is 250 g/mol. The number of allylic oxidation sites excluding steroid dienone is 4. The van der Waals surface area contributed by atoms with Gasteiger partial charge in [-0.25, -0.2) is 0 Å². The first-order chi connectivity index (χ1) is 2.89. The average molecular weight is 258 g/mol. The standard InChI is InChI=1S/C5H5.Os.3H/c1-2-4-5-3-1;;;;/h1-3H,4H2;;;;. The van der Waals surface area contributed by atoms with Crippen LogP contribution in [0, 0.1) is 0 Å². The Morgan fingerprint density at radius 3 is 2.67 bits per heavy atom. The molecule has 0 bridgehead atoms. The van der Waals surface area contributed by atoms with Crippen LogP contribution >= 0.6 is 0 Å². The molecule has 1 heteroatoms. The van der Waals surface area contributed by atoms with E-state index in [4.69, 9.17) is 0 Å². The first-order valence-corrected chi connectivity index (χ1v) is 3.55. The second kappa shape index (κ2) is 1.71. The summed E-state index contributed by atoms with van der Waals surface area (Å²) < 4.78 is 1.58. The van der Waals surface area contributed by atoms with Crippen molar-refractivity contribution >= 4 is 0 Å². The number of hydrogen-bond donors (Lipinski definition) is 0. The quantitative estimate of drug-likeness (QED) is 0.596. The van der Waals surface area contributed by atoms with Gasteiger partial charge in [0.05, 0.1) is 0 Å². The molecule has 0 radical (unpaired) electrons. The Balaban J connectivity index is 2.61. The van der Waals surface area contributed by atoms with Gasteiger partial charge in [-0.05, 0) is 0 Å². The van der Waals surface area contributed by atoms with Crippen molar-refractivity contribution in [1.29, 1.82) is 0 Å². The van der Waals surface area contributed by atoms with Crippen molar-refractivity contribution in [3.8, 4) is 0 Å². The summed E-state index contributed by atoms with van der Waals surface area (Å²) >= 11 is 1.43. The Morgan fingerprint density at radius 2 is 2.50 bits per heavy atom. The molecule has 0 nitrogen and oxygen atoms in total. The minimum atomic E-state index is 1.22. The van der Waals surface area contributed by atoms with Crippen molar-refractivity contribution in [2.75, 3.05) is 0 Å². The molecular formula is C5H8Os. The van der Waals surface area contributed by atoms with Gasteiger partial charge >= 0.3 is 47.4 Å². The second-order valence-electron chi connectivity index (χ2n) is 1.29. The third-order valence-corrected chi connectivity index (χ3v) is 1.94. The first kappa shape index (κ1) is 4.28. The molecule has 0 aromatic rings. The summed E-state index contributed by atoms with van der Waals surface area (Å²) in [6.07, 6.45) is 7.71. The maximum absolute atomic E-state index is 2.19. The van der Waals surface area contributed by atoms with E-state index in [2.05, 4.69) is 18.2 Å². The average Bonchev–Trinajstić information content (AvgIpc) is 1.86. The fourth-order valence-corrected chi connectivity index (χ4v) is 1.12. The van der Waals surface area contributed by atoms with Gasteiger partial charge in [0.1, 0.15) is 0 Å². The Kier molecular flexibility index (Phi) is 1.22. The predicted octanol–water partition coefficient (Wildman–Crippen LogP) is 0.574. The predicted molar refractivity (Wildman–Crippen MR) is 26.0 cm³/mol. The zero-order valence-electron chi connectivity index (χ0n) is 3.39. The van der Waals surface area contributed by atoms with Crippen LogP contribution in [0.25, 0.3) is 0 Å². The summed E-state index contributed by atoms with van der Waals surface area (Å²) in [4.78, 5) is 0. The van der Waals surface area contributed by atoms with Crippen molar-refractivity contribution in [3.63, 3.8) is 0 Å². The molecule has 1 aliphatic carbocycles. The van der Waals surface area contributed by atoms with Gasteiger partial charge in [-0.2, -0.15) is 0 Å².